The van der Waals surface area contributed by atoms with Gasteiger partial charge in [0.1, 0.15) is 12.4 Å². The number of azide groups is 1. The first-order valence-electron chi connectivity index (χ1n) is 5.61. The van der Waals surface area contributed by atoms with Gasteiger partial charge < -0.3 is 4.74 Å². The lowest BCUT2D eigenvalue weighted by molar-refractivity contribution is 0.306. The van der Waals surface area contributed by atoms with Crippen molar-refractivity contribution in [3.8, 4) is 5.75 Å². The minimum Gasteiger partial charge on any atom is -0.489 e. The van der Waals surface area contributed by atoms with E-state index in [0.717, 1.165) is 17.9 Å². The van der Waals surface area contributed by atoms with Crippen LogP contribution in [0.25, 0.3) is 10.4 Å². The van der Waals surface area contributed by atoms with Crippen LogP contribution < -0.4 is 4.74 Å². The average molecular weight is 243 g/mol. The van der Waals surface area contributed by atoms with Gasteiger partial charge in [-0.15, -0.1) is 0 Å². The Morgan fingerprint density at radius 3 is 2.78 bits per heavy atom. The molecule has 0 atom stereocenters. The number of hydrogen-bond donors (Lipinski definition) is 0. The third kappa shape index (κ3) is 3.02. The van der Waals surface area contributed by atoms with E-state index in [-0.39, 0.29) is 0 Å². The van der Waals surface area contributed by atoms with Crippen molar-refractivity contribution in [2.45, 2.75) is 20.1 Å². The zero-order valence-corrected chi connectivity index (χ0v) is 10.0. The van der Waals surface area contributed by atoms with Crippen molar-refractivity contribution in [2.24, 2.45) is 5.11 Å². The maximum atomic E-state index is 8.28. The molecule has 0 saturated carbocycles. The Labute approximate surface area is 104 Å². The molecule has 0 bridgehead atoms. The molecule has 0 saturated heterocycles. The molecule has 18 heavy (non-hydrogen) atoms. The van der Waals surface area contributed by atoms with E-state index in [1.807, 2.05) is 17.8 Å². The lowest BCUT2D eigenvalue weighted by Gasteiger charge is -2.04. The summed E-state index contributed by atoms with van der Waals surface area (Å²) in [5.74, 6) is 0.733. The minimum absolute atomic E-state index is 0.473. The molecule has 0 unspecified atom stereocenters. The fourth-order valence-corrected chi connectivity index (χ4v) is 1.48. The Balaban J connectivity index is 1.95. The lowest BCUT2D eigenvalue weighted by Crippen LogP contribution is -1.95. The topological polar surface area (TPSA) is 75.8 Å². The zero-order chi connectivity index (χ0) is 12.8. The predicted molar refractivity (Wildman–Crippen MR) is 67.5 cm³/mol. The highest BCUT2D eigenvalue weighted by atomic mass is 16.5. The van der Waals surface area contributed by atoms with Gasteiger partial charge in [-0.3, -0.25) is 4.68 Å². The molecule has 92 valence electrons. The molecule has 0 fully saturated rings. The van der Waals surface area contributed by atoms with Crippen molar-refractivity contribution in [3.63, 3.8) is 0 Å². The molecular weight excluding hydrogens is 230 g/mol. The molecule has 0 aliphatic carbocycles. The molecule has 0 amide bonds. The van der Waals surface area contributed by atoms with Crippen molar-refractivity contribution in [2.75, 3.05) is 0 Å². The molecule has 0 radical (unpaired) electrons. The molecule has 0 aliphatic rings. The first-order valence-corrected chi connectivity index (χ1v) is 5.61. The molecular formula is C12H13N5O. The lowest BCUT2D eigenvalue weighted by atomic mass is 10.3. The molecule has 0 spiro atoms. The molecule has 1 aromatic carbocycles. The maximum absolute atomic E-state index is 8.28. The monoisotopic (exact) mass is 243 g/mol. The Kier molecular flexibility index (Phi) is 3.83. The molecule has 6 nitrogen and oxygen atoms in total. The van der Waals surface area contributed by atoms with Crippen molar-refractivity contribution in [3.05, 3.63) is 52.7 Å². The van der Waals surface area contributed by atoms with Crippen molar-refractivity contribution < 1.29 is 4.74 Å². The second kappa shape index (κ2) is 5.75. The number of hydrogen-bond acceptors (Lipinski definition) is 3. The van der Waals surface area contributed by atoms with Crippen LogP contribution in [-0.4, -0.2) is 9.78 Å². The number of nitrogens with zero attached hydrogens (tertiary/aromatic N) is 5. The summed E-state index contributed by atoms with van der Waals surface area (Å²) in [5.41, 5.74) is 9.88. The van der Waals surface area contributed by atoms with Crippen molar-refractivity contribution in [1.29, 1.82) is 0 Å². The van der Waals surface area contributed by atoms with E-state index >= 15 is 0 Å². The number of ether oxygens (including phenoxy) is 1. The first-order chi connectivity index (χ1) is 8.81. The zero-order valence-electron chi connectivity index (χ0n) is 10.0. The van der Waals surface area contributed by atoms with E-state index in [9.17, 15) is 0 Å². The van der Waals surface area contributed by atoms with Crippen LogP contribution in [0.1, 0.15) is 12.5 Å². The van der Waals surface area contributed by atoms with Crippen molar-refractivity contribution >= 4 is 5.69 Å². The molecule has 6 heteroatoms. The van der Waals surface area contributed by atoms with E-state index < -0.39 is 0 Å². The van der Waals surface area contributed by atoms with E-state index in [0.29, 0.717) is 12.3 Å². The summed E-state index contributed by atoms with van der Waals surface area (Å²) < 4.78 is 7.45. The van der Waals surface area contributed by atoms with E-state index in [1.165, 1.54) is 0 Å². The Bertz CT molecular complexity index is 554. The fourth-order valence-electron chi connectivity index (χ4n) is 1.48. The summed E-state index contributed by atoms with van der Waals surface area (Å²) in [6, 6.07) is 6.97. The molecule has 2 rings (SSSR count). The van der Waals surface area contributed by atoms with Gasteiger partial charge in [-0.1, -0.05) is 5.11 Å². The van der Waals surface area contributed by atoms with Gasteiger partial charge in [0.05, 0.1) is 6.20 Å². The van der Waals surface area contributed by atoms with Crippen LogP contribution in [0.3, 0.4) is 0 Å². The molecule has 2 aromatic rings. The molecule has 1 heterocycles. The SMILES string of the molecule is CCn1cc(COc2ccc(N=[N+]=[N-])cc2)cn1. The largest absolute Gasteiger partial charge is 0.489 e. The smallest absolute Gasteiger partial charge is 0.119 e. The molecule has 1 aromatic heterocycles. The summed E-state index contributed by atoms with van der Waals surface area (Å²) in [4.78, 5) is 2.71. The Morgan fingerprint density at radius 2 is 2.17 bits per heavy atom. The number of benzene rings is 1. The van der Waals surface area contributed by atoms with E-state index in [2.05, 4.69) is 15.1 Å². The third-order valence-electron chi connectivity index (χ3n) is 2.41. The highest BCUT2D eigenvalue weighted by molar-refractivity contribution is 5.40. The van der Waals surface area contributed by atoms with Crippen LogP contribution >= 0.6 is 0 Å². The van der Waals surface area contributed by atoms with Gasteiger partial charge in [0.25, 0.3) is 0 Å². The number of rotatable bonds is 5. The Hall–Kier alpha value is -2.46. The van der Waals surface area contributed by atoms with Gasteiger partial charge in [0.2, 0.25) is 0 Å². The quantitative estimate of drug-likeness (QED) is 0.458. The maximum Gasteiger partial charge on any atom is 0.119 e. The van der Waals surface area contributed by atoms with Crippen LogP contribution in [-0.2, 0) is 13.2 Å². The van der Waals surface area contributed by atoms with Crippen molar-refractivity contribution in [1.82, 2.24) is 9.78 Å². The summed E-state index contributed by atoms with van der Waals surface area (Å²) in [7, 11) is 0. The normalized spacial score (nSPS) is 9.83. The van der Waals surface area contributed by atoms with Gasteiger partial charge in [0, 0.05) is 28.9 Å². The third-order valence-corrected chi connectivity index (χ3v) is 2.41. The van der Waals surface area contributed by atoms with Crippen LogP contribution in [0.15, 0.2) is 41.8 Å². The second-order valence-corrected chi connectivity index (χ2v) is 3.68. The number of aryl methyl sites for hydroxylation is 1. The minimum atomic E-state index is 0.473. The van der Waals surface area contributed by atoms with Crippen LogP contribution in [0.2, 0.25) is 0 Å². The highest BCUT2D eigenvalue weighted by Gasteiger charge is 1.99. The fraction of sp³-hybridized carbons (Fsp3) is 0.250. The van der Waals surface area contributed by atoms with Crippen LogP contribution in [0, 0.1) is 0 Å². The second-order valence-electron chi connectivity index (χ2n) is 3.68. The Morgan fingerprint density at radius 1 is 1.39 bits per heavy atom. The van der Waals surface area contributed by atoms with Gasteiger partial charge >= 0.3 is 0 Å². The molecule has 0 N–H and O–H groups in total. The van der Waals surface area contributed by atoms with Crippen LogP contribution in [0.4, 0.5) is 5.69 Å². The standard InChI is InChI=1S/C12H13N5O/c1-2-17-8-10(7-14-17)9-18-12-5-3-11(4-6-12)15-16-13/h3-8H,2,9H2,1H3. The summed E-state index contributed by atoms with van der Waals surface area (Å²) in [5, 5.41) is 7.66. The number of aromatic nitrogens is 2. The summed E-state index contributed by atoms with van der Waals surface area (Å²) in [6.07, 6.45) is 3.74. The average Bonchev–Trinajstić information content (AvgIpc) is 2.86. The van der Waals surface area contributed by atoms with Gasteiger partial charge in [-0.2, -0.15) is 5.10 Å². The van der Waals surface area contributed by atoms with Gasteiger partial charge in [-0.05, 0) is 36.7 Å². The molecule has 0 aliphatic heterocycles. The summed E-state index contributed by atoms with van der Waals surface area (Å²) in [6.45, 7) is 3.35. The first kappa shape index (κ1) is 12.0. The van der Waals surface area contributed by atoms with E-state index in [4.69, 9.17) is 10.3 Å². The van der Waals surface area contributed by atoms with E-state index in [1.54, 1.807) is 30.5 Å². The van der Waals surface area contributed by atoms with Crippen LogP contribution in [0.5, 0.6) is 5.75 Å². The van der Waals surface area contributed by atoms with Gasteiger partial charge in [-0.25, -0.2) is 0 Å². The predicted octanol–water partition coefficient (Wildman–Crippen LogP) is 3.42. The highest BCUT2D eigenvalue weighted by Crippen LogP contribution is 2.19. The summed E-state index contributed by atoms with van der Waals surface area (Å²) >= 11 is 0. The van der Waals surface area contributed by atoms with Gasteiger partial charge in [0.15, 0.2) is 0 Å².